The van der Waals surface area contributed by atoms with Gasteiger partial charge in [-0.25, -0.2) is 13.2 Å². The highest BCUT2D eigenvalue weighted by Gasteiger charge is 2.49. The topological polar surface area (TPSA) is 83.6 Å². The second kappa shape index (κ2) is 5.63. The Kier molecular flexibility index (Phi) is 3.91. The lowest BCUT2D eigenvalue weighted by Crippen LogP contribution is -2.53. The summed E-state index contributed by atoms with van der Waals surface area (Å²) in [5, 5.41) is 2.84. The van der Waals surface area contributed by atoms with Crippen molar-refractivity contribution in [3.05, 3.63) is 35.9 Å². The maximum Gasteiger partial charge on any atom is 0.324 e. The van der Waals surface area contributed by atoms with Crippen LogP contribution in [0, 0.1) is 5.41 Å². The molecule has 23 heavy (non-hydrogen) atoms. The van der Waals surface area contributed by atoms with E-state index in [9.17, 15) is 18.0 Å². The number of hydrogen-bond acceptors (Lipinski definition) is 4. The fraction of sp³-hybridized carbons (Fsp3) is 0.500. The summed E-state index contributed by atoms with van der Waals surface area (Å²) in [4.78, 5) is 25.9. The zero-order valence-corrected chi connectivity index (χ0v) is 13.8. The number of nitrogens with zero attached hydrogens (tertiary/aromatic N) is 1. The lowest BCUT2D eigenvalue weighted by atomic mass is 10.0. The number of carbonyl (C=O) groups excluding carboxylic acids is 2. The molecule has 7 heteroatoms. The van der Waals surface area contributed by atoms with Crippen LogP contribution in [0.2, 0.25) is 0 Å². The molecule has 1 heterocycles. The highest BCUT2D eigenvalue weighted by molar-refractivity contribution is 7.90. The van der Waals surface area contributed by atoms with Crippen molar-refractivity contribution in [1.82, 2.24) is 10.2 Å². The largest absolute Gasteiger partial charge is 0.330 e. The zero-order valence-electron chi connectivity index (χ0n) is 13.0. The van der Waals surface area contributed by atoms with Crippen LogP contribution in [0.3, 0.4) is 0 Å². The number of benzene rings is 1. The van der Waals surface area contributed by atoms with Gasteiger partial charge in [-0.15, -0.1) is 0 Å². The molecule has 3 rings (SSSR count). The van der Waals surface area contributed by atoms with Crippen LogP contribution in [-0.4, -0.2) is 43.8 Å². The van der Waals surface area contributed by atoms with Crippen molar-refractivity contribution in [2.45, 2.75) is 25.3 Å². The molecule has 0 radical (unpaired) electrons. The quantitative estimate of drug-likeness (QED) is 0.883. The first-order chi connectivity index (χ1) is 10.8. The monoisotopic (exact) mass is 336 g/mol. The first-order valence-electron chi connectivity index (χ1n) is 7.62. The van der Waals surface area contributed by atoms with E-state index in [0.29, 0.717) is 0 Å². The van der Waals surface area contributed by atoms with Gasteiger partial charge < -0.3 is 5.32 Å². The van der Waals surface area contributed by atoms with Crippen LogP contribution in [0.4, 0.5) is 4.79 Å². The molecule has 1 aliphatic heterocycles. The van der Waals surface area contributed by atoms with Crippen LogP contribution in [0.25, 0.3) is 0 Å². The van der Waals surface area contributed by atoms with Crippen LogP contribution in [0.15, 0.2) is 30.3 Å². The molecule has 1 unspecified atom stereocenters. The number of urea groups is 1. The van der Waals surface area contributed by atoms with Crippen molar-refractivity contribution in [1.29, 1.82) is 0 Å². The first kappa shape index (κ1) is 16.0. The molecule has 1 aromatic rings. The maximum absolute atomic E-state index is 12.4. The van der Waals surface area contributed by atoms with E-state index in [0.717, 1.165) is 18.4 Å². The summed E-state index contributed by atoms with van der Waals surface area (Å²) in [5.74, 6) is -0.221. The molecule has 1 saturated heterocycles. The van der Waals surface area contributed by atoms with Crippen molar-refractivity contribution in [2.75, 3.05) is 18.6 Å². The van der Waals surface area contributed by atoms with Crippen LogP contribution in [0.5, 0.6) is 0 Å². The molecule has 124 valence electrons. The third kappa shape index (κ3) is 3.72. The molecule has 2 aliphatic rings. The molecular formula is C16H20N2O4S. The fourth-order valence-electron chi connectivity index (χ4n) is 3.14. The Morgan fingerprint density at radius 3 is 2.39 bits per heavy atom. The standard InChI is InChI=1S/C16H20N2O4S/c1-23(21,22)11-16(7-8-16)10-18-14(19)9-13(17-15(18)20)12-5-3-2-4-6-12/h2-6,13H,7-11H2,1H3,(H,17,20). The summed E-state index contributed by atoms with van der Waals surface area (Å²) >= 11 is 0. The summed E-state index contributed by atoms with van der Waals surface area (Å²) in [6.45, 7) is 0.187. The van der Waals surface area contributed by atoms with Gasteiger partial charge in [-0.1, -0.05) is 30.3 Å². The van der Waals surface area contributed by atoms with Crippen molar-refractivity contribution >= 4 is 21.8 Å². The average Bonchev–Trinajstić information content (AvgIpc) is 3.21. The van der Waals surface area contributed by atoms with Gasteiger partial charge in [0, 0.05) is 18.2 Å². The van der Waals surface area contributed by atoms with E-state index in [2.05, 4.69) is 5.32 Å². The number of rotatable bonds is 5. The molecule has 1 aromatic carbocycles. The number of amides is 3. The third-order valence-electron chi connectivity index (χ3n) is 4.44. The molecular weight excluding hydrogens is 316 g/mol. The van der Waals surface area contributed by atoms with Gasteiger partial charge >= 0.3 is 6.03 Å². The maximum atomic E-state index is 12.4. The zero-order chi connectivity index (χ0) is 16.7. The van der Waals surface area contributed by atoms with Crippen LogP contribution in [0.1, 0.15) is 30.9 Å². The lowest BCUT2D eigenvalue weighted by molar-refractivity contribution is -0.130. The van der Waals surface area contributed by atoms with Crippen molar-refractivity contribution in [3.63, 3.8) is 0 Å². The Labute approximate surface area is 135 Å². The number of sulfone groups is 1. The Balaban J connectivity index is 1.70. The highest BCUT2D eigenvalue weighted by atomic mass is 32.2. The summed E-state index contributed by atoms with van der Waals surface area (Å²) in [5.41, 5.74) is 0.450. The number of carbonyl (C=O) groups is 2. The average molecular weight is 336 g/mol. The molecule has 6 nitrogen and oxygen atoms in total. The normalized spacial score (nSPS) is 23.5. The molecule has 2 fully saturated rings. The minimum atomic E-state index is -3.13. The minimum absolute atomic E-state index is 0.0270. The van der Waals surface area contributed by atoms with Crippen LogP contribution >= 0.6 is 0 Å². The van der Waals surface area contributed by atoms with Gasteiger partial charge in [0.2, 0.25) is 5.91 Å². The Morgan fingerprint density at radius 1 is 1.22 bits per heavy atom. The number of nitrogens with one attached hydrogen (secondary N) is 1. The van der Waals surface area contributed by atoms with E-state index in [4.69, 9.17) is 0 Å². The SMILES string of the molecule is CS(=O)(=O)CC1(CN2C(=O)CC(c3ccccc3)NC2=O)CC1. The highest BCUT2D eigenvalue weighted by Crippen LogP contribution is 2.47. The van der Waals surface area contributed by atoms with Gasteiger partial charge in [0.15, 0.2) is 0 Å². The fourth-order valence-corrected chi connectivity index (χ4v) is 4.63. The third-order valence-corrected chi connectivity index (χ3v) is 5.58. The van der Waals surface area contributed by atoms with Crippen molar-refractivity contribution in [2.24, 2.45) is 5.41 Å². The predicted octanol–water partition coefficient (Wildman–Crippen LogP) is 1.49. The predicted molar refractivity (Wildman–Crippen MR) is 85.4 cm³/mol. The summed E-state index contributed by atoms with van der Waals surface area (Å²) in [6.07, 6.45) is 2.86. The molecule has 0 spiro atoms. The molecule has 1 atom stereocenters. The Hall–Kier alpha value is -1.89. The Bertz CT molecular complexity index is 708. The lowest BCUT2D eigenvalue weighted by Gasteiger charge is -2.33. The van der Waals surface area contributed by atoms with Gasteiger partial charge in [0.1, 0.15) is 9.84 Å². The van der Waals surface area contributed by atoms with Crippen molar-refractivity contribution < 1.29 is 18.0 Å². The minimum Gasteiger partial charge on any atom is -0.330 e. The van der Waals surface area contributed by atoms with Gasteiger partial charge in [-0.05, 0) is 18.4 Å². The van der Waals surface area contributed by atoms with E-state index in [1.54, 1.807) is 0 Å². The van der Waals surface area contributed by atoms with E-state index < -0.39 is 21.3 Å². The second-order valence-electron chi connectivity index (χ2n) is 6.67. The summed E-state index contributed by atoms with van der Waals surface area (Å²) in [7, 11) is -3.13. The molecule has 0 bridgehead atoms. The van der Waals surface area contributed by atoms with Crippen LogP contribution < -0.4 is 5.32 Å². The number of hydrogen-bond donors (Lipinski definition) is 1. The van der Waals surface area contributed by atoms with Gasteiger partial charge in [0.05, 0.1) is 18.2 Å². The first-order valence-corrected chi connectivity index (χ1v) is 9.68. The Morgan fingerprint density at radius 2 is 1.87 bits per heavy atom. The molecule has 0 aromatic heterocycles. The van der Waals surface area contributed by atoms with E-state index in [-0.39, 0.29) is 30.7 Å². The molecule has 1 N–H and O–H groups in total. The van der Waals surface area contributed by atoms with Crippen LogP contribution in [-0.2, 0) is 14.6 Å². The molecule has 3 amide bonds. The van der Waals surface area contributed by atoms with Gasteiger partial charge in [0.25, 0.3) is 0 Å². The summed E-state index contributed by atoms with van der Waals surface area (Å²) in [6, 6.07) is 8.60. The second-order valence-corrected chi connectivity index (χ2v) is 8.81. The van der Waals surface area contributed by atoms with Crippen molar-refractivity contribution in [3.8, 4) is 0 Å². The van der Waals surface area contributed by atoms with Gasteiger partial charge in [-0.2, -0.15) is 0 Å². The smallest absolute Gasteiger partial charge is 0.324 e. The van der Waals surface area contributed by atoms with E-state index >= 15 is 0 Å². The van der Waals surface area contributed by atoms with E-state index in [1.807, 2.05) is 30.3 Å². The molecule has 1 aliphatic carbocycles. The van der Waals surface area contributed by atoms with Gasteiger partial charge in [-0.3, -0.25) is 9.69 Å². The van der Waals surface area contributed by atoms with E-state index in [1.165, 1.54) is 11.2 Å². The number of imide groups is 1. The molecule has 1 saturated carbocycles. The summed E-state index contributed by atoms with van der Waals surface area (Å²) < 4.78 is 23.0.